The largest absolute Gasteiger partial charge is 0.269 e. The number of hydrogen-bond acceptors (Lipinski definition) is 0. The zero-order chi connectivity index (χ0) is 10.3. The summed E-state index contributed by atoms with van der Waals surface area (Å²) in [6.07, 6.45) is 0. The van der Waals surface area contributed by atoms with Gasteiger partial charge in [-0.1, -0.05) is 24.3 Å². The first-order chi connectivity index (χ1) is 7.42. The molecule has 15 heavy (non-hydrogen) atoms. The molecule has 0 amide bonds. The smallest absolute Gasteiger partial charge is 0.144 e. The van der Waals surface area contributed by atoms with Crippen LogP contribution in [0.2, 0.25) is 0 Å². The summed E-state index contributed by atoms with van der Waals surface area (Å²) in [4.78, 5) is 1.49. The Morgan fingerprint density at radius 1 is 0.800 bits per heavy atom. The minimum Gasteiger partial charge on any atom is -0.269 e. The van der Waals surface area contributed by atoms with Gasteiger partial charge in [-0.15, -0.1) is 0 Å². The Labute approximate surface area is 90.0 Å². The van der Waals surface area contributed by atoms with Crippen molar-refractivity contribution in [2.24, 2.45) is 0 Å². The van der Waals surface area contributed by atoms with Crippen molar-refractivity contribution >= 4 is 11.4 Å². The molecule has 3 rings (SSSR count). The van der Waals surface area contributed by atoms with Crippen molar-refractivity contribution in [2.75, 3.05) is 6.54 Å². The first kappa shape index (κ1) is 8.69. The maximum Gasteiger partial charge on any atom is 0.144 e. The van der Waals surface area contributed by atoms with Crippen molar-refractivity contribution in [3.8, 4) is 11.1 Å². The number of fused-ring (bicyclic) bond motifs is 3. The van der Waals surface area contributed by atoms with Crippen LogP contribution in [0.3, 0.4) is 0 Å². The van der Waals surface area contributed by atoms with Crippen LogP contribution in [-0.2, 0) is 0 Å². The van der Waals surface area contributed by atoms with E-state index < -0.39 is 0 Å². The molecule has 0 fully saturated rings. The Balaban J connectivity index is 2.31. The standard InChI is InChI=1S/C14H13N/c1-2-15-13-9-5-3-7-11(13)12-8-4-6-10-14(12)15/h3-10H,2H2,1H3/p+1. The lowest BCUT2D eigenvalue weighted by Crippen LogP contribution is -3.00. The zero-order valence-corrected chi connectivity index (χ0v) is 8.83. The zero-order valence-electron chi connectivity index (χ0n) is 8.83. The lowest BCUT2D eigenvalue weighted by Gasteiger charge is -2.11. The number of rotatable bonds is 1. The highest BCUT2D eigenvalue weighted by Crippen LogP contribution is 2.36. The normalized spacial score (nSPS) is 13.7. The average molecular weight is 196 g/mol. The van der Waals surface area contributed by atoms with E-state index in [2.05, 4.69) is 55.5 Å². The topological polar surface area (TPSA) is 4.44 Å². The molecule has 1 aliphatic heterocycles. The monoisotopic (exact) mass is 196 g/mol. The third kappa shape index (κ3) is 1.13. The van der Waals surface area contributed by atoms with E-state index in [1.54, 1.807) is 0 Å². The Morgan fingerprint density at radius 2 is 1.27 bits per heavy atom. The van der Waals surface area contributed by atoms with Gasteiger partial charge in [-0.3, -0.25) is 4.90 Å². The molecule has 0 aromatic heterocycles. The fourth-order valence-electron chi connectivity index (χ4n) is 2.49. The van der Waals surface area contributed by atoms with Gasteiger partial charge in [0.15, 0.2) is 0 Å². The molecule has 1 aliphatic rings. The van der Waals surface area contributed by atoms with Gasteiger partial charge in [-0.05, 0) is 19.1 Å². The molecule has 1 nitrogen and oxygen atoms in total. The van der Waals surface area contributed by atoms with Gasteiger partial charge in [0.1, 0.15) is 11.4 Å². The van der Waals surface area contributed by atoms with Gasteiger partial charge in [0.05, 0.1) is 6.54 Å². The predicted molar refractivity (Wildman–Crippen MR) is 62.7 cm³/mol. The number of para-hydroxylation sites is 2. The summed E-state index contributed by atoms with van der Waals surface area (Å²) in [6.45, 7) is 3.34. The highest BCUT2D eigenvalue weighted by molar-refractivity contribution is 5.84. The van der Waals surface area contributed by atoms with Crippen LogP contribution in [0.4, 0.5) is 11.4 Å². The van der Waals surface area contributed by atoms with Crippen LogP contribution >= 0.6 is 0 Å². The predicted octanol–water partition coefficient (Wildman–Crippen LogP) is 2.54. The molecule has 0 atom stereocenters. The lowest BCUT2D eigenvalue weighted by molar-refractivity contribution is -0.753. The Kier molecular flexibility index (Phi) is 1.86. The van der Waals surface area contributed by atoms with E-state index in [4.69, 9.17) is 0 Å². The fraction of sp³-hybridized carbons (Fsp3) is 0.143. The molecule has 0 bridgehead atoms. The molecule has 0 spiro atoms. The first-order valence-corrected chi connectivity index (χ1v) is 5.47. The number of nitrogens with one attached hydrogen (secondary N) is 1. The van der Waals surface area contributed by atoms with E-state index in [1.165, 1.54) is 27.4 Å². The molecular formula is C14H14N+. The lowest BCUT2D eigenvalue weighted by atomic mass is 10.1. The van der Waals surface area contributed by atoms with Gasteiger partial charge in [-0.2, -0.15) is 0 Å². The summed E-state index contributed by atoms with van der Waals surface area (Å²) in [5.74, 6) is 0. The molecule has 74 valence electrons. The SMILES string of the molecule is CC[NH+]1c2ccccc2-c2ccccc21. The summed E-state index contributed by atoms with van der Waals surface area (Å²) < 4.78 is 0. The van der Waals surface area contributed by atoms with Crippen molar-refractivity contribution in [2.45, 2.75) is 6.92 Å². The average Bonchev–Trinajstić information content (AvgIpc) is 2.63. The van der Waals surface area contributed by atoms with E-state index in [0.29, 0.717) is 0 Å². The van der Waals surface area contributed by atoms with E-state index in [0.717, 1.165) is 6.54 Å². The quantitative estimate of drug-likeness (QED) is 0.715. The fourth-order valence-corrected chi connectivity index (χ4v) is 2.49. The molecule has 1 heteroatoms. The molecule has 2 aromatic rings. The molecular weight excluding hydrogens is 182 g/mol. The van der Waals surface area contributed by atoms with Crippen molar-refractivity contribution in [3.63, 3.8) is 0 Å². The Hall–Kier alpha value is -1.60. The van der Waals surface area contributed by atoms with Gasteiger partial charge >= 0.3 is 0 Å². The molecule has 0 aliphatic carbocycles. The molecule has 0 saturated heterocycles. The van der Waals surface area contributed by atoms with Crippen LogP contribution in [0.25, 0.3) is 11.1 Å². The van der Waals surface area contributed by atoms with Gasteiger partial charge < -0.3 is 0 Å². The van der Waals surface area contributed by atoms with E-state index in [1.807, 2.05) is 0 Å². The van der Waals surface area contributed by atoms with E-state index >= 15 is 0 Å². The van der Waals surface area contributed by atoms with Gasteiger partial charge in [-0.25, -0.2) is 0 Å². The summed E-state index contributed by atoms with van der Waals surface area (Å²) in [6, 6.07) is 17.4. The summed E-state index contributed by atoms with van der Waals surface area (Å²) >= 11 is 0. The molecule has 0 unspecified atom stereocenters. The second-order valence-corrected chi connectivity index (χ2v) is 3.92. The van der Waals surface area contributed by atoms with Crippen molar-refractivity contribution in [1.82, 2.24) is 0 Å². The maximum atomic E-state index is 2.23. The maximum absolute atomic E-state index is 2.23. The van der Waals surface area contributed by atoms with Crippen molar-refractivity contribution < 1.29 is 4.90 Å². The number of hydrogen-bond donors (Lipinski definition) is 1. The highest BCUT2D eigenvalue weighted by Gasteiger charge is 2.29. The third-order valence-electron chi connectivity index (χ3n) is 3.15. The minimum absolute atomic E-state index is 1.11. The molecule has 2 aromatic carbocycles. The number of benzene rings is 2. The molecule has 0 saturated carbocycles. The van der Waals surface area contributed by atoms with Crippen LogP contribution in [0.5, 0.6) is 0 Å². The highest BCUT2D eigenvalue weighted by atomic mass is 15.1. The Morgan fingerprint density at radius 3 is 1.73 bits per heavy atom. The summed E-state index contributed by atoms with van der Waals surface area (Å²) in [5.41, 5.74) is 5.62. The van der Waals surface area contributed by atoms with Gasteiger partial charge in [0, 0.05) is 23.3 Å². The van der Waals surface area contributed by atoms with E-state index in [-0.39, 0.29) is 0 Å². The van der Waals surface area contributed by atoms with Crippen molar-refractivity contribution in [3.05, 3.63) is 48.5 Å². The minimum atomic E-state index is 1.11. The van der Waals surface area contributed by atoms with Crippen LogP contribution in [0.15, 0.2) is 48.5 Å². The number of quaternary nitrogens is 1. The van der Waals surface area contributed by atoms with E-state index in [9.17, 15) is 0 Å². The third-order valence-corrected chi connectivity index (χ3v) is 3.15. The first-order valence-electron chi connectivity index (χ1n) is 5.47. The van der Waals surface area contributed by atoms with Crippen molar-refractivity contribution in [1.29, 1.82) is 0 Å². The second-order valence-electron chi connectivity index (χ2n) is 3.92. The molecule has 0 radical (unpaired) electrons. The summed E-state index contributed by atoms with van der Waals surface area (Å²) in [7, 11) is 0. The molecule has 1 N–H and O–H groups in total. The van der Waals surface area contributed by atoms with Gasteiger partial charge in [0.25, 0.3) is 0 Å². The van der Waals surface area contributed by atoms with Crippen LogP contribution < -0.4 is 4.90 Å². The summed E-state index contributed by atoms with van der Waals surface area (Å²) in [5, 5.41) is 0. The molecule has 1 heterocycles. The second kappa shape index (κ2) is 3.21. The Bertz CT molecular complexity index is 457. The van der Waals surface area contributed by atoms with Crippen LogP contribution in [0.1, 0.15) is 6.92 Å². The van der Waals surface area contributed by atoms with Crippen LogP contribution in [-0.4, -0.2) is 6.54 Å². The van der Waals surface area contributed by atoms with Gasteiger partial charge in [0.2, 0.25) is 0 Å². The van der Waals surface area contributed by atoms with Crippen LogP contribution in [0, 0.1) is 0 Å².